The van der Waals surface area contributed by atoms with E-state index in [1.807, 2.05) is 42.2 Å². The molecular weight excluding hydrogens is 272 g/mol. The molecule has 0 saturated carbocycles. The molecule has 0 radical (unpaired) electrons. The zero-order chi connectivity index (χ0) is 15.6. The minimum atomic E-state index is 0.183. The van der Waals surface area contributed by atoms with E-state index in [2.05, 4.69) is 11.5 Å². The van der Waals surface area contributed by atoms with Gasteiger partial charge >= 0.3 is 0 Å². The Morgan fingerprint density at radius 3 is 2.50 bits per heavy atom. The molecule has 1 aromatic rings. The number of nitrogens with zero attached hydrogens (tertiary/aromatic N) is 2. The number of hydrogen-bond donors (Lipinski definition) is 0. The minimum Gasteiger partial charge on any atom is -0.339 e. The van der Waals surface area contributed by atoms with Crippen LogP contribution in [0, 0.1) is 6.92 Å². The molecule has 2 fully saturated rings. The predicted octanol–water partition coefficient (Wildman–Crippen LogP) is 3.25. The maximum absolute atomic E-state index is 12.6. The molecule has 1 spiro atoms. The first-order valence-corrected chi connectivity index (χ1v) is 8.36. The number of hydrogen-bond acceptors (Lipinski definition) is 2. The van der Waals surface area contributed by atoms with Crippen molar-refractivity contribution in [2.45, 2.75) is 38.1 Å². The van der Waals surface area contributed by atoms with Crippen molar-refractivity contribution in [2.24, 2.45) is 0 Å². The van der Waals surface area contributed by atoms with E-state index in [1.165, 1.54) is 24.9 Å². The Kier molecular flexibility index (Phi) is 4.34. The van der Waals surface area contributed by atoms with Crippen molar-refractivity contribution in [1.29, 1.82) is 0 Å². The van der Waals surface area contributed by atoms with Gasteiger partial charge in [-0.1, -0.05) is 23.8 Å². The van der Waals surface area contributed by atoms with E-state index in [-0.39, 0.29) is 5.91 Å². The lowest BCUT2D eigenvalue weighted by Crippen LogP contribution is -2.53. The Labute approximate surface area is 133 Å². The number of carbonyl (C=O) groups excluding carboxylic acids is 1. The van der Waals surface area contributed by atoms with Gasteiger partial charge in [-0.05, 0) is 51.3 Å². The van der Waals surface area contributed by atoms with Crippen molar-refractivity contribution in [1.82, 2.24) is 9.80 Å². The van der Waals surface area contributed by atoms with E-state index in [0.29, 0.717) is 5.54 Å². The Bertz CT molecular complexity index is 541. The third kappa shape index (κ3) is 2.82. The molecule has 2 heterocycles. The Hall–Kier alpha value is -1.61. The molecule has 3 nitrogen and oxygen atoms in total. The van der Waals surface area contributed by atoms with Crippen LogP contribution in [0.2, 0.25) is 0 Å². The molecule has 0 atom stereocenters. The first-order valence-electron chi connectivity index (χ1n) is 8.36. The van der Waals surface area contributed by atoms with Gasteiger partial charge in [0.25, 0.3) is 5.91 Å². The Morgan fingerprint density at radius 2 is 1.86 bits per heavy atom. The van der Waals surface area contributed by atoms with Gasteiger partial charge in [0.05, 0.1) is 0 Å². The van der Waals surface area contributed by atoms with Gasteiger partial charge in [-0.3, -0.25) is 9.69 Å². The zero-order valence-electron chi connectivity index (χ0n) is 13.6. The lowest BCUT2D eigenvalue weighted by molar-refractivity contribution is 0.0452. The summed E-state index contributed by atoms with van der Waals surface area (Å²) >= 11 is 0. The summed E-state index contributed by atoms with van der Waals surface area (Å²) in [6, 6.07) is 7.92. The summed E-state index contributed by atoms with van der Waals surface area (Å²) in [6.45, 7) is 9.84. The fourth-order valence-electron chi connectivity index (χ4n) is 4.01. The van der Waals surface area contributed by atoms with E-state index < -0.39 is 0 Å². The highest BCUT2D eigenvalue weighted by Gasteiger charge is 2.43. The molecule has 22 heavy (non-hydrogen) atoms. The first kappa shape index (κ1) is 15.3. The van der Waals surface area contributed by atoms with Gasteiger partial charge in [-0.25, -0.2) is 0 Å². The van der Waals surface area contributed by atoms with Gasteiger partial charge in [0, 0.05) is 30.7 Å². The van der Waals surface area contributed by atoms with Crippen LogP contribution < -0.4 is 0 Å². The van der Waals surface area contributed by atoms with E-state index in [0.717, 1.165) is 38.0 Å². The molecule has 1 amide bonds. The monoisotopic (exact) mass is 298 g/mol. The van der Waals surface area contributed by atoms with Crippen LogP contribution in [0.15, 0.2) is 36.9 Å². The summed E-state index contributed by atoms with van der Waals surface area (Å²) in [5.41, 5.74) is 2.33. The van der Waals surface area contributed by atoms with Gasteiger partial charge in [0.15, 0.2) is 0 Å². The quantitative estimate of drug-likeness (QED) is 0.800. The molecule has 0 aliphatic carbocycles. The molecule has 118 valence electrons. The van der Waals surface area contributed by atoms with Crippen molar-refractivity contribution >= 4 is 5.91 Å². The van der Waals surface area contributed by atoms with Crippen molar-refractivity contribution in [2.75, 3.05) is 26.2 Å². The highest BCUT2D eigenvalue weighted by molar-refractivity contribution is 5.94. The van der Waals surface area contributed by atoms with Crippen LogP contribution in [0.3, 0.4) is 0 Å². The third-order valence-electron chi connectivity index (χ3n) is 5.37. The summed E-state index contributed by atoms with van der Waals surface area (Å²) < 4.78 is 0. The summed E-state index contributed by atoms with van der Waals surface area (Å²) in [4.78, 5) is 17.2. The van der Waals surface area contributed by atoms with Gasteiger partial charge in [0.1, 0.15) is 0 Å². The summed E-state index contributed by atoms with van der Waals surface area (Å²) in [7, 11) is 0. The standard InChI is InChI=1S/C19H26N2O/c1-3-12-21-13-4-9-19(21)10-14-20(15-11-19)18(22)17-7-5-16(2)6-8-17/h3,5-8H,1,4,9-15H2,2H3. The van der Waals surface area contributed by atoms with E-state index in [1.54, 1.807) is 0 Å². The highest BCUT2D eigenvalue weighted by atomic mass is 16.2. The van der Waals surface area contributed by atoms with Gasteiger partial charge < -0.3 is 4.90 Å². The molecule has 3 heteroatoms. The number of aryl methyl sites for hydroxylation is 1. The third-order valence-corrected chi connectivity index (χ3v) is 5.37. The van der Waals surface area contributed by atoms with Crippen molar-refractivity contribution < 1.29 is 4.79 Å². The van der Waals surface area contributed by atoms with Crippen molar-refractivity contribution in [3.05, 3.63) is 48.0 Å². The smallest absolute Gasteiger partial charge is 0.253 e. The van der Waals surface area contributed by atoms with E-state index >= 15 is 0 Å². The topological polar surface area (TPSA) is 23.6 Å². The van der Waals surface area contributed by atoms with Crippen LogP contribution in [0.1, 0.15) is 41.6 Å². The number of amides is 1. The number of rotatable bonds is 3. The fraction of sp³-hybridized carbons (Fsp3) is 0.526. The summed E-state index contributed by atoms with van der Waals surface area (Å²) in [5.74, 6) is 0.183. The van der Waals surface area contributed by atoms with Gasteiger partial charge in [-0.15, -0.1) is 6.58 Å². The number of likely N-dealkylation sites (tertiary alicyclic amines) is 2. The molecule has 0 aromatic heterocycles. The molecular formula is C19H26N2O. The van der Waals surface area contributed by atoms with Crippen LogP contribution in [0.5, 0.6) is 0 Å². The normalized spacial score (nSPS) is 21.2. The average Bonchev–Trinajstić information content (AvgIpc) is 2.91. The lowest BCUT2D eigenvalue weighted by atomic mass is 9.84. The fourth-order valence-corrected chi connectivity index (χ4v) is 4.01. The van der Waals surface area contributed by atoms with Gasteiger partial charge in [0.2, 0.25) is 0 Å². The molecule has 1 aromatic carbocycles. The number of carbonyl (C=O) groups is 1. The number of piperidine rings is 1. The maximum atomic E-state index is 12.6. The molecule has 3 rings (SSSR count). The number of benzene rings is 1. The second-order valence-corrected chi connectivity index (χ2v) is 6.72. The minimum absolute atomic E-state index is 0.183. The Morgan fingerprint density at radius 1 is 1.18 bits per heavy atom. The molecule has 0 unspecified atom stereocenters. The molecule has 0 bridgehead atoms. The van der Waals surface area contributed by atoms with Crippen LogP contribution in [0.25, 0.3) is 0 Å². The van der Waals surface area contributed by atoms with Crippen molar-refractivity contribution in [3.8, 4) is 0 Å². The van der Waals surface area contributed by atoms with Gasteiger partial charge in [-0.2, -0.15) is 0 Å². The first-order chi connectivity index (χ1) is 10.6. The van der Waals surface area contributed by atoms with Crippen LogP contribution in [-0.2, 0) is 0 Å². The zero-order valence-corrected chi connectivity index (χ0v) is 13.6. The predicted molar refractivity (Wildman–Crippen MR) is 90.1 cm³/mol. The van der Waals surface area contributed by atoms with Crippen LogP contribution >= 0.6 is 0 Å². The molecule has 2 aliphatic rings. The molecule has 2 saturated heterocycles. The van der Waals surface area contributed by atoms with Crippen molar-refractivity contribution in [3.63, 3.8) is 0 Å². The second-order valence-electron chi connectivity index (χ2n) is 6.72. The SMILES string of the molecule is C=CCN1CCCC12CCN(C(=O)c1ccc(C)cc1)CC2. The van der Waals surface area contributed by atoms with E-state index in [9.17, 15) is 4.79 Å². The molecule has 2 aliphatic heterocycles. The van der Waals surface area contributed by atoms with Crippen LogP contribution in [-0.4, -0.2) is 47.4 Å². The highest BCUT2D eigenvalue weighted by Crippen LogP contribution is 2.38. The lowest BCUT2D eigenvalue weighted by Gasteiger charge is -2.45. The average molecular weight is 298 g/mol. The second kappa shape index (κ2) is 6.25. The molecule has 0 N–H and O–H groups in total. The van der Waals surface area contributed by atoms with Crippen LogP contribution in [0.4, 0.5) is 0 Å². The summed E-state index contributed by atoms with van der Waals surface area (Å²) in [6.07, 6.45) is 6.75. The Balaban J connectivity index is 1.65. The summed E-state index contributed by atoms with van der Waals surface area (Å²) in [5, 5.41) is 0. The largest absolute Gasteiger partial charge is 0.339 e. The van der Waals surface area contributed by atoms with E-state index in [4.69, 9.17) is 0 Å². The maximum Gasteiger partial charge on any atom is 0.253 e.